The Kier molecular flexibility index (Phi) is 7.02. The monoisotopic (exact) mass is 399 g/mol. The highest BCUT2D eigenvalue weighted by Gasteiger charge is 2.15. The number of nitriles is 1. The molecule has 2 aromatic carbocycles. The summed E-state index contributed by atoms with van der Waals surface area (Å²) in [6, 6.07) is 11.9. The minimum absolute atomic E-state index is 0.0217. The number of carboxylic acids is 1. The molecule has 7 nitrogen and oxygen atoms in total. The first kappa shape index (κ1) is 20.8. The molecule has 0 atom stereocenters. The highest BCUT2D eigenvalue weighted by molar-refractivity contribution is 6.32. The Morgan fingerprint density at radius 2 is 2.04 bits per heavy atom. The molecule has 0 unspecified atom stereocenters. The number of ether oxygens (including phenoxy) is 2. The molecular weight excluding hydrogens is 384 g/mol. The van der Waals surface area contributed by atoms with E-state index in [-0.39, 0.29) is 22.1 Å². The van der Waals surface area contributed by atoms with Crippen LogP contribution in [0.3, 0.4) is 0 Å². The molecule has 0 radical (unpaired) electrons. The zero-order valence-corrected chi connectivity index (χ0v) is 15.9. The van der Waals surface area contributed by atoms with Crippen molar-refractivity contribution in [2.24, 2.45) is 0 Å². The Morgan fingerprint density at radius 1 is 1.32 bits per heavy atom. The number of carbonyl (C=O) groups excluding carboxylic acids is 2. The van der Waals surface area contributed by atoms with Crippen molar-refractivity contribution < 1.29 is 24.2 Å². The largest absolute Gasteiger partial charge is 0.546 e. The number of nitrogens with one attached hydrogen (secondary N) is 1. The highest BCUT2D eigenvalue weighted by Crippen LogP contribution is 2.37. The fourth-order valence-corrected chi connectivity index (χ4v) is 2.59. The Morgan fingerprint density at radius 3 is 2.64 bits per heavy atom. The van der Waals surface area contributed by atoms with E-state index in [1.54, 1.807) is 12.1 Å². The molecule has 2 aromatic rings. The second-order valence-electron chi connectivity index (χ2n) is 5.63. The number of anilines is 1. The van der Waals surface area contributed by atoms with Crippen LogP contribution in [-0.2, 0) is 9.59 Å². The highest BCUT2D eigenvalue weighted by atomic mass is 35.5. The maximum absolute atomic E-state index is 12.4. The number of hydrogen-bond donors (Lipinski definition) is 1. The van der Waals surface area contributed by atoms with Gasteiger partial charge in [0.05, 0.1) is 18.1 Å². The third-order valence-electron chi connectivity index (χ3n) is 3.66. The van der Waals surface area contributed by atoms with E-state index in [0.717, 1.165) is 5.56 Å². The molecule has 0 aliphatic heterocycles. The van der Waals surface area contributed by atoms with Crippen LogP contribution in [0.2, 0.25) is 5.02 Å². The van der Waals surface area contributed by atoms with Crippen LogP contribution in [-0.4, -0.2) is 25.6 Å². The molecule has 0 saturated heterocycles. The zero-order valence-electron chi connectivity index (χ0n) is 15.1. The van der Waals surface area contributed by atoms with Crippen LogP contribution in [0.4, 0.5) is 5.69 Å². The average molecular weight is 400 g/mol. The number of methoxy groups -OCH3 is 1. The summed E-state index contributed by atoms with van der Waals surface area (Å²) in [6.45, 7) is 1.13. The molecule has 0 bridgehead atoms. The summed E-state index contributed by atoms with van der Waals surface area (Å²) in [5.41, 5.74) is 1.70. The van der Waals surface area contributed by atoms with E-state index in [1.807, 2.05) is 25.1 Å². The number of nitrogens with zero attached hydrogens (tertiary/aromatic N) is 1. The van der Waals surface area contributed by atoms with Gasteiger partial charge in [0.25, 0.3) is 5.91 Å². The lowest BCUT2D eigenvalue weighted by Gasteiger charge is -2.13. The standard InChI is InChI=1S/C20H17ClN2O5/c1-12-5-3-4-6-16(12)23-20(26)14(10-22)7-13-8-15(21)19(17(9-13)27-2)28-11-18(24)25/h3-9H,11H2,1-2H3,(H,23,26)(H,24,25)/p-1. The molecule has 0 aliphatic rings. The minimum atomic E-state index is -1.42. The Balaban J connectivity index is 2.32. The van der Waals surface area contributed by atoms with Crippen LogP contribution < -0.4 is 19.9 Å². The van der Waals surface area contributed by atoms with Gasteiger partial charge in [0.2, 0.25) is 0 Å². The molecular formula is C20H16ClN2O5-. The van der Waals surface area contributed by atoms with Crippen molar-refractivity contribution in [3.8, 4) is 17.6 Å². The van der Waals surface area contributed by atoms with Crippen molar-refractivity contribution in [1.82, 2.24) is 0 Å². The van der Waals surface area contributed by atoms with Crippen LogP contribution >= 0.6 is 11.6 Å². The van der Waals surface area contributed by atoms with Crippen molar-refractivity contribution in [1.29, 1.82) is 5.26 Å². The predicted octanol–water partition coefficient (Wildman–Crippen LogP) is 2.33. The van der Waals surface area contributed by atoms with Crippen molar-refractivity contribution in [2.45, 2.75) is 6.92 Å². The summed E-state index contributed by atoms with van der Waals surface area (Å²) in [6.07, 6.45) is 1.34. The van der Waals surface area contributed by atoms with Crippen molar-refractivity contribution >= 4 is 35.2 Å². The fraction of sp³-hybridized carbons (Fsp3) is 0.150. The minimum Gasteiger partial charge on any atom is -0.546 e. The molecule has 0 aromatic heterocycles. The molecule has 28 heavy (non-hydrogen) atoms. The van der Waals surface area contributed by atoms with Crippen molar-refractivity contribution in [3.63, 3.8) is 0 Å². The Labute approximate surface area is 166 Å². The topological polar surface area (TPSA) is 111 Å². The number of carboxylic acid groups (broad SMARTS) is 1. The van der Waals surface area contributed by atoms with Crippen LogP contribution in [0.1, 0.15) is 11.1 Å². The first-order chi connectivity index (χ1) is 13.3. The smallest absolute Gasteiger partial charge is 0.266 e. The van der Waals surface area contributed by atoms with Crippen molar-refractivity contribution in [3.05, 3.63) is 58.1 Å². The molecule has 0 saturated carbocycles. The first-order valence-corrected chi connectivity index (χ1v) is 8.42. The zero-order chi connectivity index (χ0) is 20.7. The number of rotatable bonds is 7. The summed E-state index contributed by atoms with van der Waals surface area (Å²) in [7, 11) is 1.35. The normalized spacial score (nSPS) is 10.7. The molecule has 8 heteroatoms. The number of aryl methyl sites for hydroxylation is 1. The number of amides is 1. The van der Waals surface area contributed by atoms with E-state index < -0.39 is 18.5 Å². The van der Waals surface area contributed by atoms with E-state index in [9.17, 15) is 20.0 Å². The number of benzene rings is 2. The Hall–Kier alpha value is -3.50. The molecule has 144 valence electrons. The average Bonchev–Trinajstić information content (AvgIpc) is 2.66. The number of para-hydroxylation sites is 1. The first-order valence-electron chi connectivity index (χ1n) is 8.04. The summed E-state index contributed by atoms with van der Waals surface area (Å²) in [5, 5.41) is 22.7. The number of aliphatic carboxylic acids is 1. The van der Waals surface area contributed by atoms with Gasteiger partial charge in [0.15, 0.2) is 11.5 Å². The van der Waals surface area contributed by atoms with Gasteiger partial charge >= 0.3 is 0 Å². The van der Waals surface area contributed by atoms with Gasteiger partial charge in [-0.2, -0.15) is 5.26 Å². The van der Waals surface area contributed by atoms with E-state index in [1.165, 1.54) is 25.3 Å². The number of hydrogen-bond acceptors (Lipinski definition) is 6. The van der Waals surface area contributed by atoms with Gasteiger partial charge in [0, 0.05) is 5.69 Å². The van der Waals surface area contributed by atoms with Crippen molar-refractivity contribution in [2.75, 3.05) is 19.0 Å². The number of carbonyl (C=O) groups is 2. The number of halogens is 1. The van der Waals surface area contributed by atoms with E-state index in [4.69, 9.17) is 21.1 Å². The maximum atomic E-state index is 12.4. The second kappa shape index (κ2) is 9.44. The fourth-order valence-electron chi connectivity index (χ4n) is 2.31. The van der Waals surface area contributed by atoms with Gasteiger partial charge in [0.1, 0.15) is 18.2 Å². The molecule has 0 heterocycles. The van der Waals surface area contributed by atoms with E-state index in [2.05, 4.69) is 5.32 Å². The van der Waals surface area contributed by atoms with Gasteiger partial charge in [-0.15, -0.1) is 0 Å². The molecule has 1 amide bonds. The molecule has 1 N–H and O–H groups in total. The van der Waals surface area contributed by atoms with Crippen LogP contribution in [0, 0.1) is 18.3 Å². The second-order valence-corrected chi connectivity index (χ2v) is 6.04. The van der Waals surface area contributed by atoms with E-state index >= 15 is 0 Å². The summed E-state index contributed by atoms with van der Waals surface area (Å²) in [5.74, 6) is -1.82. The van der Waals surface area contributed by atoms with Gasteiger partial charge in [-0.05, 0) is 42.3 Å². The van der Waals surface area contributed by atoms with Gasteiger partial charge < -0.3 is 24.7 Å². The molecule has 2 rings (SSSR count). The van der Waals surface area contributed by atoms with Gasteiger partial charge in [-0.1, -0.05) is 29.8 Å². The summed E-state index contributed by atoms with van der Waals surface area (Å²) < 4.78 is 10.2. The SMILES string of the molecule is COc1cc(C=C(C#N)C(=O)Nc2ccccc2C)cc(Cl)c1OCC(=O)[O-]. The lowest BCUT2D eigenvalue weighted by Crippen LogP contribution is -2.29. The lowest BCUT2D eigenvalue weighted by molar-refractivity contribution is -0.307. The van der Waals surface area contributed by atoms with E-state index in [0.29, 0.717) is 11.3 Å². The molecule has 0 spiro atoms. The summed E-state index contributed by atoms with van der Waals surface area (Å²) >= 11 is 6.12. The Bertz CT molecular complexity index is 979. The molecule has 0 aliphatic carbocycles. The van der Waals surface area contributed by atoms with Crippen LogP contribution in [0.15, 0.2) is 42.0 Å². The third kappa shape index (κ3) is 5.25. The van der Waals surface area contributed by atoms with Gasteiger partial charge in [-0.3, -0.25) is 4.79 Å². The molecule has 0 fully saturated rings. The lowest BCUT2D eigenvalue weighted by atomic mass is 10.1. The predicted molar refractivity (Wildman–Crippen MR) is 102 cm³/mol. The van der Waals surface area contributed by atoms with Gasteiger partial charge in [-0.25, -0.2) is 0 Å². The summed E-state index contributed by atoms with van der Waals surface area (Å²) in [4.78, 5) is 23.0. The third-order valence-corrected chi connectivity index (χ3v) is 3.94. The van der Waals surface area contributed by atoms with Crippen LogP contribution in [0.5, 0.6) is 11.5 Å². The van der Waals surface area contributed by atoms with Crippen LogP contribution in [0.25, 0.3) is 6.08 Å². The quantitative estimate of drug-likeness (QED) is 0.565. The maximum Gasteiger partial charge on any atom is 0.266 e.